The number of nitrogens with zero attached hydrogens (tertiary/aromatic N) is 2. The molecule has 57 heavy (non-hydrogen) atoms. The van der Waals surface area contributed by atoms with Crippen molar-refractivity contribution >= 4 is 115 Å². The molecule has 13 heteroatoms. The van der Waals surface area contributed by atoms with Gasteiger partial charge in [0.05, 0.1) is 31.3 Å². The van der Waals surface area contributed by atoms with Gasteiger partial charge in [-0.05, 0) is 157 Å². The Morgan fingerprint density at radius 2 is 1.19 bits per heavy atom. The lowest BCUT2D eigenvalue weighted by atomic mass is 10.2. The monoisotopic (exact) mass is 974 g/mol. The molecule has 0 fully saturated rings. The van der Waals surface area contributed by atoms with E-state index in [1.165, 1.54) is 63.1 Å². The molecule has 0 saturated heterocycles. The topological polar surface area (TPSA) is 38.9 Å². The van der Waals surface area contributed by atoms with Crippen molar-refractivity contribution < 1.29 is 4.42 Å². The quantitative estimate of drug-likeness (QED) is 0.152. The number of hydrogen-bond donors (Lipinski definition) is 0. The van der Waals surface area contributed by atoms with Gasteiger partial charge in [0.25, 0.3) is 0 Å². The van der Waals surface area contributed by atoms with Crippen molar-refractivity contribution in [1.29, 1.82) is 0 Å². The molecule has 0 amide bonds. The Morgan fingerprint density at radius 1 is 0.579 bits per heavy atom. The molecule has 0 saturated carbocycles. The summed E-state index contributed by atoms with van der Waals surface area (Å²) in [6, 6.07) is 9.97. The summed E-state index contributed by atoms with van der Waals surface area (Å²) in [4.78, 5) is 10.7. The second-order valence-electron chi connectivity index (χ2n) is 10.9. The number of aromatic nitrogens is 2. The number of thiophene rings is 4. The molecule has 0 aliphatic carbocycles. The zero-order valence-electron chi connectivity index (χ0n) is 31.0. The predicted molar refractivity (Wildman–Crippen MR) is 277 cm³/mol. The van der Waals surface area contributed by atoms with Crippen LogP contribution >= 0.6 is 115 Å². The standard InChI is InChI=1S/C7H10O.C6H9NS.C5H4Cl2S.2C5H5ClS.C5H7NS.C5H6S.6CH4/c1-5-4-8-7(3)6(5)2;1-4-5(2)8-6(3)7-4;1-3-2-8-5(7)4(3)6;1-4-5(6)2-3-7-4;1-4-2-3-5(6)7-4;1-4-3-6-7-5(4)2;1-5-3-2-4-6-5;;;;;;/h4H,1-3H3;1-3H3;2H,1H3;2*2-3H,1H3;3H,1-2H3;2-4H,1H3;6*1H4. The molecule has 7 heterocycles. The van der Waals surface area contributed by atoms with Crippen LogP contribution in [0.5, 0.6) is 0 Å². The molecule has 0 N–H and O–H groups in total. The van der Waals surface area contributed by atoms with Crippen LogP contribution in [0.4, 0.5) is 0 Å². The third-order valence-electron chi connectivity index (χ3n) is 6.68. The molecule has 0 aliphatic rings. The first-order valence-electron chi connectivity index (χ1n) is 15.5. The molecule has 7 aromatic heterocycles. The summed E-state index contributed by atoms with van der Waals surface area (Å²) in [5, 5.41) is 8.74. The van der Waals surface area contributed by atoms with Crippen molar-refractivity contribution in [3.8, 4) is 0 Å². The Hall–Kier alpha value is -1.50. The molecular formula is C44H70Cl4N2OS6. The van der Waals surface area contributed by atoms with E-state index in [1.54, 1.807) is 63.1 Å². The highest BCUT2D eigenvalue weighted by atomic mass is 35.5. The Balaban J connectivity index is -0.000000131. The second kappa shape index (κ2) is 36.4. The van der Waals surface area contributed by atoms with Crippen molar-refractivity contribution in [2.75, 3.05) is 0 Å². The highest BCUT2D eigenvalue weighted by molar-refractivity contribution is 7.16. The van der Waals surface area contributed by atoms with Crippen molar-refractivity contribution in [2.45, 2.75) is 128 Å². The molecule has 7 rings (SSSR count). The van der Waals surface area contributed by atoms with Crippen LogP contribution in [0.25, 0.3) is 0 Å². The van der Waals surface area contributed by atoms with Crippen LogP contribution in [-0.4, -0.2) is 9.36 Å². The van der Waals surface area contributed by atoms with Crippen molar-refractivity contribution in [2.24, 2.45) is 0 Å². The van der Waals surface area contributed by atoms with Gasteiger partial charge in [-0.3, -0.25) is 0 Å². The molecule has 0 spiro atoms. The number of aryl methyl sites for hydroxylation is 11. The van der Waals surface area contributed by atoms with Gasteiger partial charge in [-0.15, -0.1) is 56.7 Å². The number of rotatable bonds is 0. The predicted octanol–water partition coefficient (Wildman–Crippen LogP) is 20.7. The van der Waals surface area contributed by atoms with Gasteiger partial charge in [0.15, 0.2) is 0 Å². The molecule has 0 atom stereocenters. The van der Waals surface area contributed by atoms with Gasteiger partial charge in [-0.2, -0.15) is 0 Å². The molecular weight excluding hydrogens is 907 g/mol. The van der Waals surface area contributed by atoms with Crippen LogP contribution in [-0.2, 0) is 0 Å². The third-order valence-corrected chi connectivity index (χ3v) is 13.8. The van der Waals surface area contributed by atoms with E-state index in [-0.39, 0.29) is 44.6 Å². The van der Waals surface area contributed by atoms with Crippen LogP contribution < -0.4 is 0 Å². The van der Waals surface area contributed by atoms with Crippen molar-refractivity contribution in [3.63, 3.8) is 0 Å². The van der Waals surface area contributed by atoms with E-state index in [9.17, 15) is 0 Å². The lowest BCUT2D eigenvalue weighted by molar-refractivity contribution is 0.530. The van der Waals surface area contributed by atoms with E-state index in [0.717, 1.165) is 20.7 Å². The first kappa shape index (κ1) is 67.3. The maximum atomic E-state index is 5.67. The molecule has 7 aromatic rings. The maximum absolute atomic E-state index is 5.67. The highest BCUT2D eigenvalue weighted by Gasteiger charge is 2.01. The average Bonchev–Trinajstić information content (AvgIpc) is 3.98. The van der Waals surface area contributed by atoms with Gasteiger partial charge in [0, 0.05) is 30.6 Å². The minimum Gasteiger partial charge on any atom is -0.469 e. The van der Waals surface area contributed by atoms with E-state index >= 15 is 0 Å². The first-order chi connectivity index (χ1) is 23.9. The minimum atomic E-state index is 0. The normalized spacial score (nSPS) is 8.56. The Morgan fingerprint density at radius 3 is 1.32 bits per heavy atom. The lowest BCUT2D eigenvalue weighted by Crippen LogP contribution is -1.71. The summed E-state index contributed by atoms with van der Waals surface area (Å²) < 4.78 is 10.6. The molecule has 0 aromatic carbocycles. The minimum absolute atomic E-state index is 0. The number of thiazole rings is 1. The largest absolute Gasteiger partial charge is 0.469 e. The lowest BCUT2D eigenvalue weighted by Gasteiger charge is -1.83. The molecule has 0 unspecified atom stereocenters. The molecule has 326 valence electrons. The zero-order chi connectivity index (χ0) is 38.7. The summed E-state index contributed by atoms with van der Waals surface area (Å²) in [6.07, 6.45) is 3.67. The van der Waals surface area contributed by atoms with Gasteiger partial charge in [0.2, 0.25) is 0 Å². The van der Waals surface area contributed by atoms with E-state index in [2.05, 4.69) is 61.5 Å². The van der Waals surface area contributed by atoms with Crippen LogP contribution in [0.2, 0.25) is 18.7 Å². The van der Waals surface area contributed by atoms with E-state index in [4.69, 9.17) is 50.8 Å². The summed E-state index contributed by atoms with van der Waals surface area (Å²) in [5.41, 5.74) is 6.03. The van der Waals surface area contributed by atoms with Crippen LogP contribution in [0, 0.1) is 83.1 Å². The average molecular weight is 977 g/mol. The summed E-state index contributed by atoms with van der Waals surface area (Å²) >= 11 is 32.3. The Labute approximate surface area is 393 Å². The number of halogens is 4. The van der Waals surface area contributed by atoms with Crippen LogP contribution in [0.15, 0.2) is 63.3 Å². The fourth-order valence-corrected chi connectivity index (χ4v) is 8.12. The summed E-state index contributed by atoms with van der Waals surface area (Å²) in [5.74, 6) is 1.03. The first-order valence-corrected chi connectivity index (χ1v) is 22.1. The molecule has 3 nitrogen and oxygen atoms in total. The third kappa shape index (κ3) is 28.6. The molecule has 0 bridgehead atoms. The fourth-order valence-electron chi connectivity index (χ4n) is 3.15. The second-order valence-corrected chi connectivity index (χ2v) is 19.8. The van der Waals surface area contributed by atoms with Crippen molar-refractivity contribution in [1.82, 2.24) is 9.36 Å². The van der Waals surface area contributed by atoms with E-state index in [1.807, 2.05) is 83.6 Å². The number of hydrogen-bond acceptors (Lipinski definition) is 9. The Kier molecular flexibility index (Phi) is 42.9. The smallest absolute Gasteiger partial charge is 0.112 e. The zero-order valence-corrected chi connectivity index (χ0v) is 39.0. The molecule has 0 aliphatic heterocycles. The SMILES string of the molecule is C.C.C.C.C.C.Cc1ccc(Cl)s1.Cc1cccs1.Cc1cnsc1C.Cc1coc(C)c1C.Cc1csc(Cl)c1Cl.Cc1nc(C)c(C)s1.Cc1sccc1Cl. The van der Waals surface area contributed by atoms with Gasteiger partial charge >= 0.3 is 0 Å². The van der Waals surface area contributed by atoms with Crippen molar-refractivity contribution in [3.05, 3.63) is 141 Å². The summed E-state index contributed by atoms with van der Waals surface area (Å²) in [6.45, 7) is 24.5. The van der Waals surface area contributed by atoms with Gasteiger partial charge < -0.3 is 4.42 Å². The summed E-state index contributed by atoms with van der Waals surface area (Å²) in [7, 11) is 0. The fraction of sp³-hybridized carbons (Fsp3) is 0.409. The van der Waals surface area contributed by atoms with Gasteiger partial charge in [-0.1, -0.05) is 97.0 Å². The van der Waals surface area contributed by atoms with E-state index < -0.39 is 0 Å². The van der Waals surface area contributed by atoms with Crippen LogP contribution in [0.1, 0.15) is 108 Å². The molecule has 0 radical (unpaired) electrons. The van der Waals surface area contributed by atoms with Gasteiger partial charge in [-0.25, -0.2) is 9.36 Å². The van der Waals surface area contributed by atoms with E-state index in [0.29, 0.717) is 9.36 Å². The number of furan rings is 1. The highest BCUT2D eigenvalue weighted by Crippen LogP contribution is 2.31. The van der Waals surface area contributed by atoms with Gasteiger partial charge in [0.1, 0.15) is 10.1 Å². The maximum Gasteiger partial charge on any atom is 0.112 e. The Bertz CT molecular complexity index is 1760. The van der Waals surface area contributed by atoms with Crippen LogP contribution in [0.3, 0.4) is 0 Å².